The number of imide groups is 1. The molecule has 1 aliphatic rings. The molecule has 1 atom stereocenters. The lowest BCUT2D eigenvalue weighted by Gasteiger charge is -2.27. The van der Waals surface area contributed by atoms with E-state index in [1.807, 2.05) is 20.0 Å². The van der Waals surface area contributed by atoms with E-state index in [1.54, 1.807) is 0 Å². The SMILES string of the molecule is CC(CCC(=O)NC=O)N(C)Cc1cc(C2CCNCC2)ccc1C=O. The van der Waals surface area contributed by atoms with Crippen LogP contribution in [0.3, 0.4) is 0 Å². The molecule has 6 heteroatoms. The summed E-state index contributed by atoms with van der Waals surface area (Å²) in [6.45, 7) is 4.78. The summed E-state index contributed by atoms with van der Waals surface area (Å²) in [7, 11) is 1.99. The van der Waals surface area contributed by atoms with Gasteiger partial charge in [-0.15, -0.1) is 0 Å². The minimum absolute atomic E-state index is 0.162. The Morgan fingerprint density at radius 3 is 2.73 bits per heavy atom. The molecule has 2 N–H and O–H groups in total. The topological polar surface area (TPSA) is 78.5 Å². The van der Waals surface area contributed by atoms with Gasteiger partial charge in [0.05, 0.1) is 0 Å². The van der Waals surface area contributed by atoms with Crippen molar-refractivity contribution < 1.29 is 14.4 Å². The highest BCUT2D eigenvalue weighted by Crippen LogP contribution is 2.27. The summed E-state index contributed by atoms with van der Waals surface area (Å²) in [5, 5.41) is 5.54. The first-order valence-electron chi connectivity index (χ1n) is 9.27. The molecule has 1 aromatic rings. The third-order valence-electron chi connectivity index (χ3n) is 5.29. The number of amides is 2. The summed E-state index contributed by atoms with van der Waals surface area (Å²) in [6.07, 6.45) is 4.54. The molecule has 1 aliphatic heterocycles. The van der Waals surface area contributed by atoms with Crippen molar-refractivity contribution in [2.24, 2.45) is 0 Å². The molecule has 2 amide bonds. The van der Waals surface area contributed by atoms with E-state index in [-0.39, 0.29) is 11.9 Å². The molecule has 0 saturated carbocycles. The number of nitrogens with one attached hydrogen (secondary N) is 2. The van der Waals surface area contributed by atoms with Gasteiger partial charge in [0.2, 0.25) is 12.3 Å². The molecule has 2 rings (SSSR count). The molecular formula is C20H29N3O3. The molecule has 0 radical (unpaired) electrons. The van der Waals surface area contributed by atoms with Crippen LogP contribution >= 0.6 is 0 Å². The van der Waals surface area contributed by atoms with E-state index in [0.29, 0.717) is 31.7 Å². The highest BCUT2D eigenvalue weighted by Gasteiger charge is 2.18. The molecule has 0 aliphatic carbocycles. The van der Waals surface area contributed by atoms with Crippen LogP contribution in [-0.2, 0) is 16.1 Å². The van der Waals surface area contributed by atoms with Crippen LogP contribution < -0.4 is 10.6 Å². The van der Waals surface area contributed by atoms with Gasteiger partial charge in [-0.3, -0.25) is 24.6 Å². The first kappa shape index (κ1) is 20.3. The summed E-state index contributed by atoms with van der Waals surface area (Å²) >= 11 is 0. The second-order valence-corrected chi connectivity index (χ2v) is 7.09. The van der Waals surface area contributed by atoms with Crippen LogP contribution in [0.1, 0.15) is 60.0 Å². The third-order valence-corrected chi connectivity index (χ3v) is 5.29. The molecule has 0 bridgehead atoms. The Bertz CT molecular complexity index is 627. The average Bonchev–Trinajstić information content (AvgIpc) is 2.67. The van der Waals surface area contributed by atoms with Crippen LogP contribution in [0, 0.1) is 0 Å². The van der Waals surface area contributed by atoms with Gasteiger partial charge < -0.3 is 5.32 Å². The predicted molar refractivity (Wildman–Crippen MR) is 101 cm³/mol. The summed E-state index contributed by atoms with van der Waals surface area (Å²) in [5.74, 6) is 0.284. The lowest BCUT2D eigenvalue weighted by molar-refractivity contribution is -0.125. The molecule has 0 spiro atoms. The van der Waals surface area contributed by atoms with E-state index in [2.05, 4.69) is 27.7 Å². The van der Waals surface area contributed by atoms with Gasteiger partial charge >= 0.3 is 0 Å². The van der Waals surface area contributed by atoms with Crippen molar-refractivity contribution in [3.05, 3.63) is 34.9 Å². The maximum atomic E-state index is 11.4. The quantitative estimate of drug-likeness (QED) is 0.658. The highest BCUT2D eigenvalue weighted by atomic mass is 16.2. The van der Waals surface area contributed by atoms with E-state index < -0.39 is 0 Å². The van der Waals surface area contributed by atoms with Crippen molar-refractivity contribution in [2.75, 3.05) is 20.1 Å². The van der Waals surface area contributed by atoms with Gasteiger partial charge in [0.15, 0.2) is 0 Å². The molecular weight excluding hydrogens is 330 g/mol. The normalized spacial score (nSPS) is 16.3. The second kappa shape index (κ2) is 10.2. The third kappa shape index (κ3) is 5.75. The number of carbonyl (C=O) groups excluding carboxylic acids is 3. The fourth-order valence-corrected chi connectivity index (χ4v) is 3.41. The first-order chi connectivity index (χ1) is 12.5. The molecule has 1 unspecified atom stereocenters. The fourth-order valence-electron chi connectivity index (χ4n) is 3.41. The zero-order valence-corrected chi connectivity index (χ0v) is 15.7. The van der Waals surface area contributed by atoms with Crippen LogP contribution in [0.4, 0.5) is 0 Å². The van der Waals surface area contributed by atoms with Gasteiger partial charge in [0, 0.05) is 24.6 Å². The standard InChI is InChI=1S/C20H29N3O3/c1-15(3-6-20(26)22-14-25)23(2)12-19-11-17(4-5-18(19)13-24)16-7-9-21-10-8-16/h4-5,11,13-16,21H,3,6-10,12H2,1-2H3,(H,22,25,26). The van der Waals surface area contributed by atoms with E-state index in [0.717, 1.165) is 43.3 Å². The Kier molecular flexibility index (Phi) is 7.94. The fraction of sp³-hybridized carbons (Fsp3) is 0.550. The molecule has 142 valence electrons. The van der Waals surface area contributed by atoms with Crippen LogP contribution in [0.5, 0.6) is 0 Å². The van der Waals surface area contributed by atoms with Gasteiger partial charge in [-0.1, -0.05) is 18.2 Å². The average molecular weight is 359 g/mol. The summed E-state index contributed by atoms with van der Waals surface area (Å²) in [6, 6.07) is 6.34. The Labute approximate surface area is 155 Å². The first-order valence-corrected chi connectivity index (χ1v) is 9.27. The molecule has 6 nitrogen and oxygen atoms in total. The Morgan fingerprint density at radius 2 is 2.08 bits per heavy atom. The number of piperidine rings is 1. The second-order valence-electron chi connectivity index (χ2n) is 7.09. The van der Waals surface area contributed by atoms with Crippen molar-refractivity contribution in [1.82, 2.24) is 15.5 Å². The number of nitrogens with zero attached hydrogens (tertiary/aromatic N) is 1. The lowest BCUT2D eigenvalue weighted by atomic mass is 9.88. The number of aldehydes is 1. The van der Waals surface area contributed by atoms with Gasteiger partial charge in [0.25, 0.3) is 0 Å². The Hall–Kier alpha value is -2.05. The lowest BCUT2D eigenvalue weighted by Crippen LogP contribution is -2.31. The smallest absolute Gasteiger partial charge is 0.226 e. The van der Waals surface area contributed by atoms with E-state index >= 15 is 0 Å². The molecule has 0 aromatic heterocycles. The Balaban J connectivity index is 2.02. The van der Waals surface area contributed by atoms with Crippen LogP contribution in [0.25, 0.3) is 0 Å². The van der Waals surface area contributed by atoms with Crippen molar-refractivity contribution in [3.63, 3.8) is 0 Å². The predicted octanol–water partition coefficient (Wildman–Crippen LogP) is 1.84. The van der Waals surface area contributed by atoms with Crippen LogP contribution in [-0.4, -0.2) is 49.7 Å². The number of carbonyl (C=O) groups is 3. The van der Waals surface area contributed by atoms with Crippen molar-refractivity contribution in [1.29, 1.82) is 0 Å². The van der Waals surface area contributed by atoms with Gasteiger partial charge in [-0.2, -0.15) is 0 Å². The van der Waals surface area contributed by atoms with Gasteiger partial charge in [-0.05, 0) is 63.4 Å². The molecule has 1 fully saturated rings. The van der Waals surface area contributed by atoms with Gasteiger partial charge in [-0.25, -0.2) is 0 Å². The number of hydrogen-bond donors (Lipinski definition) is 2. The summed E-state index contributed by atoms with van der Waals surface area (Å²) < 4.78 is 0. The van der Waals surface area contributed by atoms with E-state index in [1.165, 1.54) is 5.56 Å². The van der Waals surface area contributed by atoms with Crippen LogP contribution in [0.15, 0.2) is 18.2 Å². The van der Waals surface area contributed by atoms with E-state index in [4.69, 9.17) is 0 Å². The zero-order chi connectivity index (χ0) is 18.9. The van der Waals surface area contributed by atoms with Gasteiger partial charge in [0.1, 0.15) is 6.29 Å². The van der Waals surface area contributed by atoms with E-state index in [9.17, 15) is 14.4 Å². The number of benzene rings is 1. The number of rotatable bonds is 9. The molecule has 1 saturated heterocycles. The minimum Gasteiger partial charge on any atom is -0.317 e. The maximum Gasteiger partial charge on any atom is 0.226 e. The number of hydrogen-bond acceptors (Lipinski definition) is 5. The van der Waals surface area contributed by atoms with Crippen molar-refractivity contribution in [3.8, 4) is 0 Å². The largest absolute Gasteiger partial charge is 0.317 e. The van der Waals surface area contributed by atoms with Crippen LogP contribution in [0.2, 0.25) is 0 Å². The minimum atomic E-state index is -0.262. The summed E-state index contributed by atoms with van der Waals surface area (Å²) in [5.41, 5.74) is 3.06. The monoisotopic (exact) mass is 359 g/mol. The zero-order valence-electron chi connectivity index (χ0n) is 15.7. The van der Waals surface area contributed by atoms with Crippen molar-refractivity contribution >= 4 is 18.6 Å². The Morgan fingerprint density at radius 1 is 1.35 bits per heavy atom. The highest BCUT2D eigenvalue weighted by molar-refractivity contribution is 5.85. The molecule has 1 aromatic carbocycles. The summed E-state index contributed by atoms with van der Waals surface area (Å²) in [4.78, 5) is 35.3. The van der Waals surface area contributed by atoms with Crippen molar-refractivity contribution in [2.45, 2.75) is 51.1 Å². The molecule has 1 heterocycles. The maximum absolute atomic E-state index is 11.4. The molecule has 26 heavy (non-hydrogen) atoms.